The standard InChI is InChI=1S/C18H20N2O3/c1-23-17(15-10-6-3-7-11-15)18(22)20-19-16(21)13-12-14-8-4-2-5-9-14/h2-11,17H,12-13H2,1H3,(H,19,21)(H,20,22)/t17-/m0/s1. The SMILES string of the molecule is CO[C@H](C(=O)NNC(=O)CCc1ccccc1)c1ccccc1. The molecule has 2 aromatic rings. The van der Waals surface area contributed by atoms with Crippen LogP contribution >= 0.6 is 0 Å². The average molecular weight is 312 g/mol. The van der Waals surface area contributed by atoms with Crippen molar-refractivity contribution in [3.8, 4) is 0 Å². The molecule has 2 aromatic carbocycles. The number of carbonyl (C=O) groups excluding carboxylic acids is 2. The molecule has 2 N–H and O–H groups in total. The van der Waals surface area contributed by atoms with E-state index in [9.17, 15) is 9.59 Å². The minimum atomic E-state index is -0.759. The van der Waals surface area contributed by atoms with Crippen LogP contribution in [0.4, 0.5) is 0 Å². The maximum absolute atomic E-state index is 12.1. The Hall–Kier alpha value is -2.66. The number of carbonyl (C=O) groups is 2. The Labute approximate surface area is 135 Å². The largest absolute Gasteiger partial charge is 0.367 e. The van der Waals surface area contributed by atoms with Crippen molar-refractivity contribution < 1.29 is 14.3 Å². The van der Waals surface area contributed by atoms with E-state index < -0.39 is 12.0 Å². The summed E-state index contributed by atoms with van der Waals surface area (Å²) in [5.41, 5.74) is 6.63. The average Bonchev–Trinajstić information content (AvgIpc) is 2.60. The van der Waals surface area contributed by atoms with Gasteiger partial charge >= 0.3 is 0 Å². The fourth-order valence-corrected chi connectivity index (χ4v) is 2.18. The Bertz CT molecular complexity index is 629. The van der Waals surface area contributed by atoms with Gasteiger partial charge in [-0.15, -0.1) is 0 Å². The highest BCUT2D eigenvalue weighted by molar-refractivity contribution is 5.85. The maximum atomic E-state index is 12.1. The first-order valence-electron chi connectivity index (χ1n) is 7.41. The van der Waals surface area contributed by atoms with Crippen molar-refractivity contribution >= 4 is 11.8 Å². The van der Waals surface area contributed by atoms with E-state index in [0.717, 1.165) is 11.1 Å². The molecule has 0 bridgehead atoms. The lowest BCUT2D eigenvalue weighted by atomic mass is 10.1. The van der Waals surface area contributed by atoms with Crippen LogP contribution in [0.25, 0.3) is 0 Å². The minimum Gasteiger partial charge on any atom is -0.367 e. The highest BCUT2D eigenvalue weighted by Crippen LogP contribution is 2.15. The summed E-state index contributed by atoms with van der Waals surface area (Å²) < 4.78 is 5.20. The molecule has 0 radical (unpaired) electrons. The monoisotopic (exact) mass is 312 g/mol. The van der Waals surface area contributed by atoms with Crippen LogP contribution < -0.4 is 10.9 Å². The molecular weight excluding hydrogens is 292 g/mol. The van der Waals surface area contributed by atoms with Crippen LogP contribution in [0.15, 0.2) is 60.7 Å². The molecule has 0 aliphatic heterocycles. The Morgan fingerprint density at radius 3 is 2.17 bits per heavy atom. The predicted octanol–water partition coefficient (Wildman–Crippen LogP) is 2.15. The maximum Gasteiger partial charge on any atom is 0.272 e. The molecule has 0 spiro atoms. The third kappa shape index (κ3) is 5.23. The molecule has 2 rings (SSSR count). The van der Waals surface area contributed by atoms with Crippen molar-refractivity contribution in [3.05, 3.63) is 71.8 Å². The molecule has 0 aliphatic rings. The van der Waals surface area contributed by atoms with Gasteiger partial charge in [0.05, 0.1) is 0 Å². The van der Waals surface area contributed by atoms with Crippen molar-refractivity contribution in [1.82, 2.24) is 10.9 Å². The third-order valence-electron chi connectivity index (χ3n) is 3.38. The number of aryl methyl sites for hydroxylation is 1. The van der Waals surface area contributed by atoms with Gasteiger partial charge in [0.1, 0.15) is 0 Å². The van der Waals surface area contributed by atoms with Gasteiger partial charge in [0.2, 0.25) is 5.91 Å². The van der Waals surface area contributed by atoms with E-state index in [4.69, 9.17) is 4.74 Å². The molecule has 2 amide bonds. The first-order valence-corrected chi connectivity index (χ1v) is 7.41. The summed E-state index contributed by atoms with van der Waals surface area (Å²) in [6.07, 6.45) is 0.160. The lowest BCUT2D eigenvalue weighted by molar-refractivity contribution is -0.135. The summed E-state index contributed by atoms with van der Waals surface area (Å²) in [5, 5.41) is 0. The summed E-state index contributed by atoms with van der Waals surface area (Å²) in [6.45, 7) is 0. The van der Waals surface area contributed by atoms with Gasteiger partial charge in [-0.25, -0.2) is 0 Å². The zero-order valence-electron chi connectivity index (χ0n) is 13.0. The van der Waals surface area contributed by atoms with Gasteiger partial charge in [-0.2, -0.15) is 0 Å². The molecule has 23 heavy (non-hydrogen) atoms. The van der Waals surface area contributed by atoms with Gasteiger partial charge in [0.15, 0.2) is 6.10 Å². The number of benzene rings is 2. The quantitative estimate of drug-likeness (QED) is 0.803. The summed E-state index contributed by atoms with van der Waals surface area (Å²) in [5.74, 6) is -0.656. The molecule has 0 unspecified atom stereocenters. The highest BCUT2D eigenvalue weighted by atomic mass is 16.5. The fraction of sp³-hybridized carbons (Fsp3) is 0.222. The second-order valence-corrected chi connectivity index (χ2v) is 5.05. The zero-order valence-corrected chi connectivity index (χ0v) is 13.0. The normalized spacial score (nSPS) is 11.5. The summed E-state index contributed by atoms with van der Waals surface area (Å²) in [6, 6.07) is 18.8. The van der Waals surface area contributed by atoms with Crippen molar-refractivity contribution in [3.63, 3.8) is 0 Å². The van der Waals surface area contributed by atoms with E-state index in [2.05, 4.69) is 10.9 Å². The number of amides is 2. The molecule has 0 heterocycles. The number of hydrogen-bond donors (Lipinski definition) is 2. The lowest BCUT2D eigenvalue weighted by Gasteiger charge is -2.16. The molecule has 1 atom stereocenters. The van der Waals surface area contributed by atoms with Gasteiger partial charge in [0.25, 0.3) is 5.91 Å². The van der Waals surface area contributed by atoms with E-state index in [0.29, 0.717) is 12.8 Å². The molecular formula is C18H20N2O3. The van der Waals surface area contributed by atoms with Crippen molar-refractivity contribution in [2.75, 3.05) is 7.11 Å². The number of rotatable bonds is 6. The molecule has 0 saturated heterocycles. The third-order valence-corrected chi connectivity index (χ3v) is 3.38. The van der Waals surface area contributed by atoms with Crippen LogP contribution in [-0.4, -0.2) is 18.9 Å². The molecule has 5 heteroatoms. The van der Waals surface area contributed by atoms with E-state index >= 15 is 0 Å². The minimum absolute atomic E-state index is 0.245. The lowest BCUT2D eigenvalue weighted by Crippen LogP contribution is -2.44. The van der Waals surface area contributed by atoms with Crippen LogP contribution in [0, 0.1) is 0 Å². The van der Waals surface area contributed by atoms with E-state index in [1.165, 1.54) is 7.11 Å². The molecule has 0 saturated carbocycles. The zero-order chi connectivity index (χ0) is 16.5. The second-order valence-electron chi connectivity index (χ2n) is 5.05. The van der Waals surface area contributed by atoms with Gasteiger partial charge in [0, 0.05) is 13.5 Å². The predicted molar refractivity (Wildman–Crippen MR) is 87.2 cm³/mol. The van der Waals surface area contributed by atoms with Crippen LogP contribution in [0.1, 0.15) is 23.7 Å². The molecule has 0 aliphatic carbocycles. The van der Waals surface area contributed by atoms with Gasteiger partial charge in [-0.1, -0.05) is 60.7 Å². The number of methoxy groups -OCH3 is 1. The van der Waals surface area contributed by atoms with Crippen molar-refractivity contribution in [2.45, 2.75) is 18.9 Å². The van der Waals surface area contributed by atoms with Crippen LogP contribution in [0.5, 0.6) is 0 Å². The molecule has 0 aromatic heterocycles. The Balaban J connectivity index is 1.80. The molecule has 120 valence electrons. The van der Waals surface area contributed by atoms with Gasteiger partial charge in [-0.3, -0.25) is 20.4 Å². The van der Waals surface area contributed by atoms with Crippen LogP contribution in [0.3, 0.4) is 0 Å². The topological polar surface area (TPSA) is 67.4 Å². The number of hydrazine groups is 1. The van der Waals surface area contributed by atoms with Gasteiger partial charge < -0.3 is 4.74 Å². The number of nitrogens with one attached hydrogen (secondary N) is 2. The number of ether oxygens (including phenoxy) is 1. The Morgan fingerprint density at radius 2 is 1.57 bits per heavy atom. The highest BCUT2D eigenvalue weighted by Gasteiger charge is 2.20. The Kier molecular flexibility index (Phi) is 6.32. The van der Waals surface area contributed by atoms with E-state index in [1.807, 2.05) is 48.5 Å². The van der Waals surface area contributed by atoms with Crippen LogP contribution in [0.2, 0.25) is 0 Å². The fourth-order valence-electron chi connectivity index (χ4n) is 2.18. The van der Waals surface area contributed by atoms with E-state index in [1.54, 1.807) is 12.1 Å². The smallest absolute Gasteiger partial charge is 0.272 e. The summed E-state index contributed by atoms with van der Waals surface area (Å²) in [4.78, 5) is 23.9. The first kappa shape index (κ1) is 16.7. The molecule has 5 nitrogen and oxygen atoms in total. The number of hydrogen-bond acceptors (Lipinski definition) is 3. The van der Waals surface area contributed by atoms with E-state index in [-0.39, 0.29) is 5.91 Å². The summed E-state index contributed by atoms with van der Waals surface area (Å²) >= 11 is 0. The van der Waals surface area contributed by atoms with Crippen molar-refractivity contribution in [1.29, 1.82) is 0 Å². The summed E-state index contributed by atoms with van der Waals surface area (Å²) in [7, 11) is 1.45. The second kappa shape index (κ2) is 8.70. The first-order chi connectivity index (χ1) is 11.2. The van der Waals surface area contributed by atoms with Crippen LogP contribution in [-0.2, 0) is 20.7 Å². The molecule has 0 fully saturated rings. The van der Waals surface area contributed by atoms with Gasteiger partial charge in [-0.05, 0) is 17.5 Å². The van der Waals surface area contributed by atoms with Crippen molar-refractivity contribution in [2.24, 2.45) is 0 Å². The Morgan fingerprint density at radius 1 is 0.957 bits per heavy atom.